The molecule has 1 aliphatic heterocycles. The highest BCUT2D eigenvalue weighted by Gasteiger charge is 2.23. The number of para-hydroxylation sites is 1. The van der Waals surface area contributed by atoms with Gasteiger partial charge in [-0.05, 0) is 48.6 Å². The van der Waals surface area contributed by atoms with Crippen molar-refractivity contribution in [2.75, 3.05) is 24.5 Å². The van der Waals surface area contributed by atoms with Gasteiger partial charge in [-0.25, -0.2) is 22.5 Å². The first kappa shape index (κ1) is 19.3. The Morgan fingerprint density at radius 2 is 1.93 bits per heavy atom. The highest BCUT2D eigenvalue weighted by atomic mass is 32.2. The molecule has 0 spiro atoms. The summed E-state index contributed by atoms with van der Waals surface area (Å²) in [6.45, 7) is 2.16. The fraction of sp³-hybridized carbons (Fsp3) is 0.350. The molecule has 3 aromatic rings. The molecule has 2 aromatic carbocycles. The number of thiazole rings is 1. The maximum absolute atomic E-state index is 13.2. The lowest BCUT2D eigenvalue weighted by Gasteiger charge is -2.31. The lowest BCUT2D eigenvalue weighted by atomic mass is 9.97. The average Bonchev–Trinajstić information content (AvgIpc) is 3.11. The van der Waals surface area contributed by atoms with Gasteiger partial charge >= 0.3 is 0 Å². The van der Waals surface area contributed by atoms with Crippen LogP contribution in [0.3, 0.4) is 0 Å². The minimum Gasteiger partial charge on any atom is -0.348 e. The smallest absolute Gasteiger partial charge is 0.215 e. The number of sulfonamides is 1. The van der Waals surface area contributed by atoms with Crippen molar-refractivity contribution in [2.24, 2.45) is 5.92 Å². The van der Waals surface area contributed by atoms with Gasteiger partial charge in [0, 0.05) is 19.6 Å². The van der Waals surface area contributed by atoms with Crippen molar-refractivity contribution < 1.29 is 12.8 Å². The van der Waals surface area contributed by atoms with Gasteiger partial charge in [0.15, 0.2) is 5.13 Å². The van der Waals surface area contributed by atoms with Gasteiger partial charge in [0.1, 0.15) is 5.82 Å². The summed E-state index contributed by atoms with van der Waals surface area (Å²) >= 11 is 1.70. The van der Waals surface area contributed by atoms with Crippen LogP contribution in [0.4, 0.5) is 9.52 Å². The molecule has 1 aliphatic rings. The van der Waals surface area contributed by atoms with E-state index >= 15 is 0 Å². The number of hydrogen-bond donors (Lipinski definition) is 1. The summed E-state index contributed by atoms with van der Waals surface area (Å²) in [7, 11) is -3.47. The molecule has 148 valence electrons. The molecule has 4 rings (SSSR count). The highest BCUT2D eigenvalue weighted by Crippen LogP contribution is 2.31. The summed E-state index contributed by atoms with van der Waals surface area (Å²) in [4.78, 5) is 6.98. The zero-order valence-electron chi connectivity index (χ0n) is 15.3. The Morgan fingerprint density at radius 3 is 2.68 bits per heavy atom. The number of nitrogens with one attached hydrogen (secondary N) is 1. The number of nitrogens with zero attached hydrogens (tertiary/aromatic N) is 2. The molecule has 8 heteroatoms. The van der Waals surface area contributed by atoms with Crippen LogP contribution in [0.15, 0.2) is 48.5 Å². The first-order chi connectivity index (χ1) is 13.5. The van der Waals surface area contributed by atoms with Gasteiger partial charge < -0.3 is 4.90 Å². The van der Waals surface area contributed by atoms with Crippen molar-refractivity contribution in [3.05, 3.63) is 59.9 Å². The van der Waals surface area contributed by atoms with Gasteiger partial charge in [-0.1, -0.05) is 35.6 Å². The van der Waals surface area contributed by atoms with Crippen LogP contribution >= 0.6 is 11.3 Å². The largest absolute Gasteiger partial charge is 0.348 e. The van der Waals surface area contributed by atoms with Crippen LogP contribution in [0.2, 0.25) is 0 Å². The third-order valence-corrected chi connectivity index (χ3v) is 7.42. The Morgan fingerprint density at radius 1 is 1.14 bits per heavy atom. The van der Waals surface area contributed by atoms with Gasteiger partial charge in [0.2, 0.25) is 10.0 Å². The van der Waals surface area contributed by atoms with E-state index in [9.17, 15) is 12.8 Å². The molecule has 1 fully saturated rings. The summed E-state index contributed by atoms with van der Waals surface area (Å²) in [5.74, 6) is -0.321. The zero-order valence-corrected chi connectivity index (χ0v) is 17.0. The minimum atomic E-state index is -3.47. The summed E-state index contributed by atoms with van der Waals surface area (Å²) in [6, 6.07) is 13.8. The molecule has 0 saturated carbocycles. The molecule has 5 nitrogen and oxygen atoms in total. The van der Waals surface area contributed by atoms with Crippen molar-refractivity contribution in [2.45, 2.75) is 18.6 Å². The van der Waals surface area contributed by atoms with Gasteiger partial charge in [0.05, 0.1) is 16.0 Å². The summed E-state index contributed by atoms with van der Waals surface area (Å²) < 4.78 is 41.7. The van der Waals surface area contributed by atoms with Crippen LogP contribution in [0.25, 0.3) is 10.2 Å². The number of benzene rings is 2. The van der Waals surface area contributed by atoms with E-state index in [0.717, 1.165) is 36.6 Å². The SMILES string of the molecule is O=S(=O)(Cc1cccc(F)c1)NCC1CCN(c2nc3ccccc3s2)CC1. The van der Waals surface area contributed by atoms with E-state index in [2.05, 4.69) is 15.7 Å². The molecule has 1 saturated heterocycles. The van der Waals surface area contributed by atoms with Crippen molar-refractivity contribution in [3.63, 3.8) is 0 Å². The maximum Gasteiger partial charge on any atom is 0.215 e. The molecular formula is C20H22FN3O2S2. The second-order valence-corrected chi connectivity index (χ2v) is 9.95. The Bertz CT molecular complexity index is 1030. The molecule has 0 atom stereocenters. The molecule has 0 bridgehead atoms. The Hall–Kier alpha value is -2.03. The van der Waals surface area contributed by atoms with E-state index in [-0.39, 0.29) is 5.75 Å². The van der Waals surface area contributed by atoms with Crippen molar-refractivity contribution in [1.82, 2.24) is 9.71 Å². The first-order valence-electron chi connectivity index (χ1n) is 9.31. The average molecular weight is 420 g/mol. The van der Waals surface area contributed by atoms with Crippen LogP contribution in [-0.2, 0) is 15.8 Å². The van der Waals surface area contributed by atoms with Gasteiger partial charge in [0.25, 0.3) is 0 Å². The molecule has 28 heavy (non-hydrogen) atoms. The molecule has 2 heterocycles. The first-order valence-corrected chi connectivity index (χ1v) is 11.8. The number of rotatable bonds is 6. The highest BCUT2D eigenvalue weighted by molar-refractivity contribution is 7.88. The molecule has 0 radical (unpaired) electrons. The maximum atomic E-state index is 13.2. The fourth-order valence-electron chi connectivity index (χ4n) is 3.47. The number of fused-ring (bicyclic) bond motifs is 1. The topological polar surface area (TPSA) is 62.3 Å². The van der Waals surface area contributed by atoms with E-state index in [0.29, 0.717) is 18.0 Å². The van der Waals surface area contributed by atoms with E-state index in [4.69, 9.17) is 4.98 Å². The Labute approximate surface area is 168 Å². The number of anilines is 1. The van der Waals surface area contributed by atoms with Crippen LogP contribution in [0.5, 0.6) is 0 Å². The zero-order chi connectivity index (χ0) is 19.6. The Balaban J connectivity index is 1.29. The molecule has 0 amide bonds. The normalized spacial score (nSPS) is 16.0. The fourth-order valence-corrected chi connectivity index (χ4v) is 5.69. The van der Waals surface area contributed by atoms with Crippen molar-refractivity contribution in [1.29, 1.82) is 0 Å². The van der Waals surface area contributed by atoms with E-state index in [1.807, 2.05) is 18.2 Å². The predicted octanol–water partition coefficient (Wildman–Crippen LogP) is 3.77. The number of piperidine rings is 1. The molecular weight excluding hydrogens is 397 g/mol. The second kappa shape index (κ2) is 8.14. The van der Waals surface area contributed by atoms with Gasteiger partial charge in [-0.15, -0.1) is 0 Å². The summed E-state index contributed by atoms with van der Waals surface area (Å²) in [5.41, 5.74) is 1.48. The van der Waals surface area contributed by atoms with Crippen molar-refractivity contribution >= 4 is 36.7 Å². The van der Waals surface area contributed by atoms with Crippen LogP contribution in [0.1, 0.15) is 18.4 Å². The van der Waals surface area contributed by atoms with Crippen LogP contribution in [-0.4, -0.2) is 33.0 Å². The number of halogens is 1. The summed E-state index contributed by atoms with van der Waals surface area (Å²) in [6.07, 6.45) is 1.83. The monoisotopic (exact) mass is 419 g/mol. The van der Waals surface area contributed by atoms with Gasteiger partial charge in [-0.2, -0.15) is 0 Å². The standard InChI is InChI=1S/C20H22FN3O2S2/c21-17-5-3-4-16(12-17)14-28(25,26)22-13-15-8-10-24(11-9-15)20-23-18-6-1-2-7-19(18)27-20/h1-7,12,15,22H,8-11,13-14H2. The number of hydrogen-bond acceptors (Lipinski definition) is 5. The van der Waals surface area contributed by atoms with Crippen LogP contribution < -0.4 is 9.62 Å². The van der Waals surface area contributed by atoms with Gasteiger partial charge in [-0.3, -0.25) is 0 Å². The quantitative estimate of drug-likeness (QED) is 0.661. The number of aromatic nitrogens is 1. The summed E-state index contributed by atoms with van der Waals surface area (Å²) in [5, 5.41) is 1.03. The van der Waals surface area contributed by atoms with Crippen LogP contribution in [0, 0.1) is 11.7 Å². The van der Waals surface area contributed by atoms with E-state index < -0.39 is 15.8 Å². The van der Waals surface area contributed by atoms with E-state index in [1.54, 1.807) is 17.4 Å². The lowest BCUT2D eigenvalue weighted by Crippen LogP contribution is -2.38. The molecule has 1 N–H and O–H groups in total. The lowest BCUT2D eigenvalue weighted by molar-refractivity contribution is 0.402. The third-order valence-electron chi connectivity index (χ3n) is 5.01. The Kier molecular flexibility index (Phi) is 5.61. The molecule has 0 unspecified atom stereocenters. The molecule has 1 aromatic heterocycles. The predicted molar refractivity (Wildman–Crippen MR) is 112 cm³/mol. The second-order valence-electron chi connectivity index (χ2n) is 7.13. The van der Waals surface area contributed by atoms with E-state index in [1.165, 1.54) is 22.9 Å². The third kappa shape index (κ3) is 4.68. The molecule has 0 aliphatic carbocycles. The minimum absolute atomic E-state index is 0.199. The van der Waals surface area contributed by atoms with Crippen molar-refractivity contribution in [3.8, 4) is 0 Å².